The fraction of sp³-hybridized carbons (Fsp3) is 0.476. The van der Waals surface area contributed by atoms with Crippen molar-refractivity contribution in [2.75, 3.05) is 18.4 Å². The van der Waals surface area contributed by atoms with Gasteiger partial charge in [0, 0.05) is 24.3 Å². The number of rotatable bonds is 4. The summed E-state index contributed by atoms with van der Waals surface area (Å²) in [5, 5.41) is 12.4. The zero-order chi connectivity index (χ0) is 19.0. The molecule has 1 aromatic rings. The van der Waals surface area contributed by atoms with Crippen LogP contribution < -0.4 is 5.32 Å². The third kappa shape index (κ3) is 3.36. The number of nitrogens with one attached hydrogen (secondary N) is 1. The molecule has 6 heteroatoms. The first kappa shape index (κ1) is 17.8. The summed E-state index contributed by atoms with van der Waals surface area (Å²) in [6.07, 6.45) is 7.81. The molecular weight excluding hydrogens is 344 g/mol. The molecule has 142 valence electrons. The molecule has 2 amide bonds. The number of hydrogen-bond acceptors (Lipinski definition) is 3. The molecule has 1 heterocycles. The number of fused-ring (bicyclic) bond motifs is 2. The van der Waals surface area contributed by atoms with Gasteiger partial charge in [0.15, 0.2) is 0 Å². The van der Waals surface area contributed by atoms with E-state index in [2.05, 4.69) is 5.32 Å². The Labute approximate surface area is 158 Å². The highest BCUT2D eigenvalue weighted by Gasteiger charge is 2.51. The lowest BCUT2D eigenvalue weighted by Crippen LogP contribution is -2.36. The number of likely N-dealkylation sites (tertiary alicyclic amines) is 1. The fourth-order valence-electron chi connectivity index (χ4n) is 4.75. The third-order valence-corrected chi connectivity index (χ3v) is 6.07. The molecule has 2 bridgehead atoms. The van der Waals surface area contributed by atoms with Crippen molar-refractivity contribution < 1.29 is 19.5 Å². The van der Waals surface area contributed by atoms with Crippen molar-refractivity contribution in [2.24, 2.45) is 23.7 Å². The molecule has 0 aromatic heterocycles. The molecule has 4 atom stereocenters. The number of carboxylic acid groups (broad SMARTS) is 1. The Balaban J connectivity index is 1.48. The molecule has 4 rings (SSSR count). The highest BCUT2D eigenvalue weighted by molar-refractivity contribution is 5.99. The predicted octanol–water partition coefficient (Wildman–Crippen LogP) is 2.77. The third-order valence-electron chi connectivity index (χ3n) is 6.07. The van der Waals surface area contributed by atoms with Crippen molar-refractivity contribution in [1.82, 2.24) is 4.90 Å². The minimum Gasteiger partial charge on any atom is -0.481 e. The topological polar surface area (TPSA) is 86.7 Å². The molecule has 1 saturated heterocycles. The quantitative estimate of drug-likeness (QED) is 0.800. The van der Waals surface area contributed by atoms with Crippen LogP contribution in [0.3, 0.4) is 0 Å². The van der Waals surface area contributed by atoms with Crippen molar-refractivity contribution in [3.63, 3.8) is 0 Å². The van der Waals surface area contributed by atoms with Gasteiger partial charge in [0.05, 0.1) is 11.8 Å². The van der Waals surface area contributed by atoms with Crippen LogP contribution in [0.25, 0.3) is 0 Å². The maximum atomic E-state index is 12.8. The molecule has 2 N–H and O–H groups in total. The van der Waals surface area contributed by atoms with Gasteiger partial charge in [-0.05, 0) is 55.7 Å². The molecule has 27 heavy (non-hydrogen) atoms. The van der Waals surface area contributed by atoms with Gasteiger partial charge in [-0.1, -0.05) is 18.2 Å². The summed E-state index contributed by atoms with van der Waals surface area (Å²) in [7, 11) is 0. The van der Waals surface area contributed by atoms with Gasteiger partial charge < -0.3 is 15.3 Å². The summed E-state index contributed by atoms with van der Waals surface area (Å²) in [5.74, 6) is -2.51. The number of piperidine rings is 1. The number of aliphatic carboxylic acids is 1. The average molecular weight is 368 g/mol. The second-order valence-corrected chi connectivity index (χ2v) is 7.76. The lowest BCUT2D eigenvalue weighted by Gasteiger charge is -2.27. The smallest absolute Gasteiger partial charge is 0.307 e. The summed E-state index contributed by atoms with van der Waals surface area (Å²) in [6, 6.07) is 6.94. The molecular formula is C21H24N2O4. The van der Waals surface area contributed by atoms with E-state index in [1.54, 1.807) is 24.3 Å². The fourth-order valence-corrected chi connectivity index (χ4v) is 4.75. The SMILES string of the molecule is O=C(Nc1cccc(C(=O)N2CCCCC2)c1)[C@@H]1[C@H](C(=O)O)[C@H]2C=C[C@H]1C2. The molecule has 0 unspecified atom stereocenters. The standard InChI is InChI=1S/C21H24N2O4/c24-19(17-13-7-8-14(11-13)18(17)21(26)27)22-16-6-4-5-15(12-16)20(25)23-9-2-1-3-10-23/h4-8,12-14,17-18H,1-3,9-11H2,(H,22,24)(H,26,27)/t13-,14-,17-,18+/m0/s1. The number of amides is 2. The lowest BCUT2D eigenvalue weighted by molar-refractivity contribution is -0.146. The van der Waals surface area contributed by atoms with Crippen LogP contribution in [0, 0.1) is 23.7 Å². The summed E-state index contributed by atoms with van der Waals surface area (Å²) < 4.78 is 0. The van der Waals surface area contributed by atoms with Crippen LogP contribution in [0.1, 0.15) is 36.0 Å². The van der Waals surface area contributed by atoms with Gasteiger partial charge >= 0.3 is 5.97 Å². The highest BCUT2D eigenvalue weighted by Crippen LogP contribution is 2.48. The van der Waals surface area contributed by atoms with Crippen molar-refractivity contribution in [3.05, 3.63) is 42.0 Å². The largest absolute Gasteiger partial charge is 0.481 e. The van der Waals surface area contributed by atoms with Crippen LogP contribution >= 0.6 is 0 Å². The van der Waals surface area contributed by atoms with Gasteiger partial charge in [0.2, 0.25) is 5.91 Å². The van der Waals surface area contributed by atoms with Crippen LogP contribution in [-0.4, -0.2) is 40.9 Å². The Hall–Kier alpha value is -2.63. The van der Waals surface area contributed by atoms with Crippen LogP contribution in [0.5, 0.6) is 0 Å². The van der Waals surface area contributed by atoms with E-state index in [0.717, 1.165) is 38.8 Å². The summed E-state index contributed by atoms with van der Waals surface area (Å²) in [6.45, 7) is 1.54. The molecule has 2 aliphatic carbocycles. The molecule has 1 aliphatic heterocycles. The van der Waals surface area contributed by atoms with Gasteiger partial charge in [-0.2, -0.15) is 0 Å². The summed E-state index contributed by atoms with van der Waals surface area (Å²) >= 11 is 0. The molecule has 6 nitrogen and oxygen atoms in total. The van der Waals surface area contributed by atoms with E-state index in [1.807, 2.05) is 17.1 Å². The maximum Gasteiger partial charge on any atom is 0.307 e. The molecule has 1 aromatic carbocycles. The Kier molecular flexibility index (Phi) is 4.72. The summed E-state index contributed by atoms with van der Waals surface area (Å²) in [4.78, 5) is 38.9. The number of carboxylic acids is 1. The zero-order valence-electron chi connectivity index (χ0n) is 15.1. The van der Waals surface area contributed by atoms with Crippen molar-refractivity contribution in [1.29, 1.82) is 0 Å². The highest BCUT2D eigenvalue weighted by atomic mass is 16.4. The van der Waals surface area contributed by atoms with E-state index in [4.69, 9.17) is 0 Å². The van der Waals surface area contributed by atoms with E-state index >= 15 is 0 Å². The van der Waals surface area contributed by atoms with E-state index in [9.17, 15) is 19.5 Å². The van der Waals surface area contributed by atoms with Crippen LogP contribution in [-0.2, 0) is 9.59 Å². The van der Waals surface area contributed by atoms with E-state index < -0.39 is 17.8 Å². The minimum atomic E-state index is -0.916. The Bertz CT molecular complexity index is 797. The Morgan fingerprint density at radius 3 is 2.41 bits per heavy atom. The number of nitrogens with zero attached hydrogens (tertiary/aromatic N) is 1. The number of allylic oxidation sites excluding steroid dienone is 2. The zero-order valence-corrected chi connectivity index (χ0v) is 15.1. The first-order valence-corrected chi connectivity index (χ1v) is 9.66. The number of hydrogen-bond donors (Lipinski definition) is 2. The number of carbonyl (C=O) groups is 3. The van der Waals surface area contributed by atoms with Gasteiger partial charge in [0.25, 0.3) is 5.91 Å². The first-order chi connectivity index (χ1) is 13.0. The van der Waals surface area contributed by atoms with E-state index in [1.165, 1.54) is 0 Å². The second kappa shape index (κ2) is 7.18. The number of anilines is 1. The van der Waals surface area contributed by atoms with Gasteiger partial charge in [-0.25, -0.2) is 0 Å². The predicted molar refractivity (Wildman–Crippen MR) is 100 cm³/mol. The van der Waals surface area contributed by atoms with Crippen LogP contribution in [0.15, 0.2) is 36.4 Å². The molecule has 2 fully saturated rings. The first-order valence-electron chi connectivity index (χ1n) is 9.66. The Morgan fingerprint density at radius 2 is 1.70 bits per heavy atom. The van der Waals surface area contributed by atoms with E-state index in [-0.39, 0.29) is 23.7 Å². The minimum absolute atomic E-state index is 0.0166. The molecule has 0 spiro atoms. The van der Waals surface area contributed by atoms with Crippen molar-refractivity contribution in [3.8, 4) is 0 Å². The Morgan fingerprint density at radius 1 is 1.00 bits per heavy atom. The summed E-state index contributed by atoms with van der Waals surface area (Å²) in [5.41, 5.74) is 1.09. The van der Waals surface area contributed by atoms with Gasteiger partial charge in [-0.3, -0.25) is 14.4 Å². The normalized spacial score (nSPS) is 29.0. The van der Waals surface area contributed by atoms with Crippen molar-refractivity contribution >= 4 is 23.5 Å². The van der Waals surface area contributed by atoms with Crippen molar-refractivity contribution in [2.45, 2.75) is 25.7 Å². The monoisotopic (exact) mass is 368 g/mol. The van der Waals surface area contributed by atoms with Gasteiger partial charge in [-0.15, -0.1) is 0 Å². The second-order valence-electron chi connectivity index (χ2n) is 7.76. The molecule has 0 radical (unpaired) electrons. The number of carbonyl (C=O) groups excluding carboxylic acids is 2. The lowest BCUT2D eigenvalue weighted by atomic mass is 9.82. The number of benzene rings is 1. The molecule has 1 saturated carbocycles. The van der Waals surface area contributed by atoms with E-state index in [0.29, 0.717) is 11.3 Å². The average Bonchev–Trinajstić information content (AvgIpc) is 3.30. The maximum absolute atomic E-state index is 12.8. The van der Waals surface area contributed by atoms with Crippen LogP contribution in [0.4, 0.5) is 5.69 Å². The van der Waals surface area contributed by atoms with Crippen LogP contribution in [0.2, 0.25) is 0 Å². The van der Waals surface area contributed by atoms with Gasteiger partial charge in [0.1, 0.15) is 0 Å². The molecule has 3 aliphatic rings.